The van der Waals surface area contributed by atoms with Crippen LogP contribution in [0.5, 0.6) is 0 Å². The molecule has 3 aromatic rings. The fourth-order valence-electron chi connectivity index (χ4n) is 3.65. The van der Waals surface area contributed by atoms with Gasteiger partial charge < -0.3 is 9.88 Å². The topological polar surface area (TPSA) is 17.0 Å². The molecule has 0 atom stereocenters. The molecule has 2 aromatic carbocycles. The number of rotatable bonds is 3. The van der Waals surface area contributed by atoms with Crippen LogP contribution in [0.15, 0.2) is 54.6 Å². The van der Waals surface area contributed by atoms with E-state index in [0.29, 0.717) is 0 Å². The lowest BCUT2D eigenvalue weighted by atomic mass is 10.1. The van der Waals surface area contributed by atoms with Crippen LogP contribution >= 0.6 is 12.4 Å². The summed E-state index contributed by atoms with van der Waals surface area (Å²) in [6.07, 6.45) is 3.51. The number of nitrogens with zero attached hydrogens (tertiary/aromatic N) is 1. The maximum absolute atomic E-state index is 3.57. The van der Waals surface area contributed by atoms with Crippen molar-refractivity contribution in [1.29, 1.82) is 0 Å². The number of halogens is 1. The van der Waals surface area contributed by atoms with Gasteiger partial charge in [0, 0.05) is 29.7 Å². The molecular formula is C20H23ClN2. The average molecular weight is 327 g/mol. The summed E-state index contributed by atoms with van der Waals surface area (Å²) in [6.45, 7) is 3.20. The van der Waals surface area contributed by atoms with Gasteiger partial charge in [0.25, 0.3) is 0 Å². The molecule has 4 rings (SSSR count). The first-order valence-corrected chi connectivity index (χ1v) is 8.27. The predicted molar refractivity (Wildman–Crippen MR) is 99.4 cm³/mol. The van der Waals surface area contributed by atoms with Crippen molar-refractivity contribution in [3.05, 3.63) is 71.4 Å². The van der Waals surface area contributed by atoms with Crippen LogP contribution in [-0.2, 0) is 25.9 Å². The number of nitrogens with one attached hydrogen (secondary N) is 1. The molecule has 0 amide bonds. The second kappa shape index (κ2) is 7.20. The van der Waals surface area contributed by atoms with Gasteiger partial charge in [-0.2, -0.15) is 0 Å². The van der Waals surface area contributed by atoms with E-state index < -0.39 is 0 Å². The zero-order valence-corrected chi connectivity index (χ0v) is 14.1. The summed E-state index contributed by atoms with van der Waals surface area (Å²) >= 11 is 0. The van der Waals surface area contributed by atoms with Crippen molar-refractivity contribution in [3.63, 3.8) is 0 Å². The fraction of sp³-hybridized carbons (Fsp3) is 0.300. The molecule has 1 N–H and O–H groups in total. The molecule has 0 radical (unpaired) electrons. The van der Waals surface area contributed by atoms with E-state index >= 15 is 0 Å². The van der Waals surface area contributed by atoms with Crippen molar-refractivity contribution in [3.8, 4) is 0 Å². The molecule has 120 valence electrons. The largest absolute Gasteiger partial charge is 0.344 e. The molecule has 0 aliphatic carbocycles. The highest BCUT2D eigenvalue weighted by molar-refractivity contribution is 5.86. The van der Waals surface area contributed by atoms with Crippen LogP contribution < -0.4 is 5.32 Å². The normalized spacial score (nSPS) is 14.1. The Labute approximate surface area is 143 Å². The number of fused-ring (bicyclic) bond motifs is 3. The number of aryl methyl sites for hydroxylation is 2. The van der Waals surface area contributed by atoms with Gasteiger partial charge >= 0.3 is 0 Å². The molecule has 23 heavy (non-hydrogen) atoms. The van der Waals surface area contributed by atoms with E-state index in [1.54, 1.807) is 5.69 Å². The van der Waals surface area contributed by atoms with Gasteiger partial charge in [0.2, 0.25) is 0 Å². The summed E-state index contributed by atoms with van der Waals surface area (Å²) in [5.74, 6) is 0. The Bertz CT molecular complexity index is 777. The monoisotopic (exact) mass is 326 g/mol. The number of hydrogen-bond acceptors (Lipinski definition) is 1. The summed E-state index contributed by atoms with van der Waals surface area (Å²) in [7, 11) is 0. The lowest BCUT2D eigenvalue weighted by Crippen LogP contribution is -2.11. The first-order valence-electron chi connectivity index (χ1n) is 8.27. The lowest BCUT2D eigenvalue weighted by molar-refractivity contribution is 0.656. The molecule has 3 heteroatoms. The van der Waals surface area contributed by atoms with Gasteiger partial charge in [-0.25, -0.2) is 0 Å². The Balaban J connectivity index is 0.00000156. The van der Waals surface area contributed by atoms with Crippen molar-refractivity contribution < 1.29 is 0 Å². The molecule has 0 spiro atoms. The Kier molecular flexibility index (Phi) is 5.04. The van der Waals surface area contributed by atoms with E-state index in [2.05, 4.69) is 64.5 Å². The van der Waals surface area contributed by atoms with Crippen LogP contribution in [0.1, 0.15) is 23.2 Å². The molecule has 1 aliphatic heterocycles. The van der Waals surface area contributed by atoms with Gasteiger partial charge in [-0.1, -0.05) is 48.5 Å². The third-order valence-corrected chi connectivity index (χ3v) is 4.73. The molecule has 0 saturated carbocycles. The lowest BCUT2D eigenvalue weighted by Gasteiger charge is -2.11. The maximum Gasteiger partial charge on any atom is 0.0485 e. The minimum atomic E-state index is 0. The van der Waals surface area contributed by atoms with Crippen LogP contribution in [0.25, 0.3) is 10.9 Å². The van der Waals surface area contributed by atoms with E-state index in [-0.39, 0.29) is 12.4 Å². The van der Waals surface area contributed by atoms with Gasteiger partial charge in [-0.15, -0.1) is 12.4 Å². The zero-order chi connectivity index (χ0) is 14.8. The zero-order valence-electron chi connectivity index (χ0n) is 13.3. The SMILES string of the molecule is Cl.c1ccc(CCn2c3c(c4ccccc42)CNCCC3)cc1. The second-order valence-electron chi connectivity index (χ2n) is 6.11. The Hall–Kier alpha value is -1.77. The average Bonchev–Trinajstić information content (AvgIpc) is 2.73. The summed E-state index contributed by atoms with van der Waals surface area (Å²) < 4.78 is 2.56. The van der Waals surface area contributed by atoms with E-state index in [1.807, 2.05) is 0 Å². The smallest absolute Gasteiger partial charge is 0.0485 e. The van der Waals surface area contributed by atoms with Crippen molar-refractivity contribution in [1.82, 2.24) is 9.88 Å². The highest BCUT2D eigenvalue weighted by Crippen LogP contribution is 2.28. The molecule has 0 fully saturated rings. The van der Waals surface area contributed by atoms with Gasteiger partial charge in [0.15, 0.2) is 0 Å². The summed E-state index contributed by atoms with van der Waals surface area (Å²) in [5.41, 5.74) is 5.87. The van der Waals surface area contributed by atoms with Gasteiger partial charge in [-0.3, -0.25) is 0 Å². The van der Waals surface area contributed by atoms with Crippen molar-refractivity contribution in [2.75, 3.05) is 6.54 Å². The van der Waals surface area contributed by atoms with Gasteiger partial charge in [-0.05, 0) is 43.0 Å². The van der Waals surface area contributed by atoms with Crippen molar-refractivity contribution in [2.24, 2.45) is 0 Å². The summed E-state index contributed by atoms with van der Waals surface area (Å²) in [4.78, 5) is 0. The quantitative estimate of drug-likeness (QED) is 0.757. The number of hydrogen-bond donors (Lipinski definition) is 1. The van der Waals surface area contributed by atoms with Gasteiger partial charge in [0.1, 0.15) is 0 Å². The molecule has 0 unspecified atom stereocenters. The van der Waals surface area contributed by atoms with Crippen LogP contribution in [0, 0.1) is 0 Å². The van der Waals surface area contributed by atoms with Crippen molar-refractivity contribution >= 4 is 23.3 Å². The standard InChI is InChI=1S/C20H22N2.ClH/c1-2-7-16(8-3-1)12-14-22-19-10-5-4-9-17(19)18-15-21-13-6-11-20(18)22;/h1-5,7-10,21H,6,11-15H2;1H. The molecule has 0 saturated heterocycles. The first kappa shape index (κ1) is 16.1. The minimum absolute atomic E-state index is 0. The van der Waals surface area contributed by atoms with E-state index in [0.717, 1.165) is 26.1 Å². The van der Waals surface area contributed by atoms with Gasteiger partial charge in [0.05, 0.1) is 0 Å². The highest BCUT2D eigenvalue weighted by atomic mass is 35.5. The van der Waals surface area contributed by atoms with Crippen LogP contribution in [0.3, 0.4) is 0 Å². The molecule has 1 aromatic heterocycles. The fourth-order valence-corrected chi connectivity index (χ4v) is 3.65. The van der Waals surface area contributed by atoms with Crippen LogP contribution in [0.4, 0.5) is 0 Å². The summed E-state index contributed by atoms with van der Waals surface area (Å²) in [6, 6.07) is 19.7. The third kappa shape index (κ3) is 3.15. The van der Waals surface area contributed by atoms with E-state index in [9.17, 15) is 0 Å². The molecule has 1 aliphatic rings. The second-order valence-corrected chi connectivity index (χ2v) is 6.11. The number of para-hydroxylation sites is 1. The number of benzene rings is 2. The summed E-state index contributed by atoms with van der Waals surface area (Å²) in [5, 5.41) is 5.00. The molecule has 0 bridgehead atoms. The molecule has 2 heterocycles. The minimum Gasteiger partial charge on any atom is -0.344 e. The molecule has 2 nitrogen and oxygen atoms in total. The van der Waals surface area contributed by atoms with Crippen LogP contribution in [-0.4, -0.2) is 11.1 Å². The number of aromatic nitrogens is 1. The maximum atomic E-state index is 3.57. The van der Waals surface area contributed by atoms with Crippen molar-refractivity contribution in [2.45, 2.75) is 32.4 Å². The Morgan fingerprint density at radius 2 is 1.74 bits per heavy atom. The first-order chi connectivity index (χ1) is 10.9. The van der Waals surface area contributed by atoms with E-state index in [4.69, 9.17) is 0 Å². The third-order valence-electron chi connectivity index (χ3n) is 4.73. The Morgan fingerprint density at radius 3 is 2.61 bits per heavy atom. The van der Waals surface area contributed by atoms with E-state index in [1.165, 1.54) is 34.9 Å². The highest BCUT2D eigenvalue weighted by Gasteiger charge is 2.18. The Morgan fingerprint density at radius 1 is 0.957 bits per heavy atom. The molecular weight excluding hydrogens is 304 g/mol. The van der Waals surface area contributed by atoms with Crippen LogP contribution in [0.2, 0.25) is 0 Å². The predicted octanol–water partition coefficient (Wildman–Crippen LogP) is 4.34.